The highest BCUT2D eigenvalue weighted by molar-refractivity contribution is 9.10. The smallest absolute Gasteiger partial charge is 0.263 e. The minimum atomic E-state index is -1.13. The zero-order valence-electron chi connectivity index (χ0n) is 11.7. The predicted molar refractivity (Wildman–Crippen MR) is 91.5 cm³/mol. The average Bonchev–Trinajstić information content (AvgIpc) is 2.72. The predicted octanol–water partition coefficient (Wildman–Crippen LogP) is 2.74. The number of halogens is 1. The molecule has 0 bridgehead atoms. The van der Waals surface area contributed by atoms with E-state index in [0.29, 0.717) is 10.7 Å². The number of phenolic OH excluding ortho intramolecular Hbond substituents is 1. The van der Waals surface area contributed by atoms with Gasteiger partial charge in [-0.05, 0) is 47.6 Å². The van der Waals surface area contributed by atoms with Gasteiger partial charge in [-0.15, -0.1) is 0 Å². The number of amides is 1. The van der Waals surface area contributed by atoms with E-state index in [0.717, 1.165) is 10.0 Å². The number of likely N-dealkylation sites (N-methyl/N-ethyl adjacent to an activating group) is 1. The summed E-state index contributed by atoms with van der Waals surface area (Å²) in [7, 11) is 1.64. The van der Waals surface area contributed by atoms with Gasteiger partial charge < -0.3 is 10.4 Å². The second-order valence-corrected chi connectivity index (χ2v) is 6.41. The van der Waals surface area contributed by atoms with Crippen molar-refractivity contribution in [2.75, 3.05) is 7.05 Å². The van der Waals surface area contributed by atoms with Gasteiger partial charge in [-0.2, -0.15) is 0 Å². The third kappa shape index (κ3) is 2.19. The Labute approximate surface area is 141 Å². The van der Waals surface area contributed by atoms with E-state index in [4.69, 9.17) is 12.2 Å². The highest BCUT2D eigenvalue weighted by Gasteiger charge is 2.50. The van der Waals surface area contributed by atoms with Gasteiger partial charge in [-0.1, -0.05) is 40.2 Å². The summed E-state index contributed by atoms with van der Waals surface area (Å²) in [5, 5.41) is 13.3. The lowest BCUT2D eigenvalue weighted by molar-refractivity contribution is -0.129. The fraction of sp³-hybridized carbons (Fsp3) is 0.125. The van der Waals surface area contributed by atoms with Crippen molar-refractivity contribution in [3.8, 4) is 5.75 Å². The van der Waals surface area contributed by atoms with Crippen molar-refractivity contribution in [3.63, 3.8) is 0 Å². The lowest BCUT2D eigenvalue weighted by Gasteiger charge is -2.28. The minimum Gasteiger partial charge on any atom is -0.508 e. The first-order chi connectivity index (χ1) is 10.4. The van der Waals surface area contributed by atoms with Crippen molar-refractivity contribution in [3.05, 3.63) is 64.1 Å². The van der Waals surface area contributed by atoms with E-state index in [-0.39, 0.29) is 11.7 Å². The number of benzene rings is 2. The van der Waals surface area contributed by atoms with Crippen LogP contribution in [-0.2, 0) is 10.3 Å². The van der Waals surface area contributed by atoms with Crippen LogP contribution in [-0.4, -0.2) is 28.1 Å². The summed E-state index contributed by atoms with van der Waals surface area (Å²) < 4.78 is 0.861. The number of phenols is 1. The second-order valence-electron chi connectivity index (χ2n) is 5.10. The Morgan fingerprint density at radius 3 is 2.36 bits per heavy atom. The molecule has 22 heavy (non-hydrogen) atoms. The number of hydrogen-bond donors (Lipinski definition) is 2. The van der Waals surface area contributed by atoms with Crippen molar-refractivity contribution in [1.82, 2.24) is 10.2 Å². The van der Waals surface area contributed by atoms with E-state index < -0.39 is 5.54 Å². The highest BCUT2D eigenvalue weighted by atomic mass is 79.9. The van der Waals surface area contributed by atoms with Crippen molar-refractivity contribution in [1.29, 1.82) is 0 Å². The number of aromatic hydroxyl groups is 1. The van der Waals surface area contributed by atoms with Crippen molar-refractivity contribution in [2.45, 2.75) is 5.54 Å². The first-order valence-electron chi connectivity index (χ1n) is 6.61. The van der Waals surface area contributed by atoms with Gasteiger partial charge in [0.1, 0.15) is 5.75 Å². The minimum absolute atomic E-state index is 0.0990. The van der Waals surface area contributed by atoms with Gasteiger partial charge in [0.2, 0.25) is 0 Å². The van der Waals surface area contributed by atoms with Crippen LogP contribution in [0.1, 0.15) is 11.1 Å². The van der Waals surface area contributed by atoms with Crippen LogP contribution < -0.4 is 5.32 Å². The monoisotopic (exact) mass is 376 g/mol. The summed E-state index contributed by atoms with van der Waals surface area (Å²) in [5.74, 6) is -0.0804. The summed E-state index contributed by atoms with van der Waals surface area (Å²) in [6.45, 7) is 0. The molecule has 1 aliphatic rings. The first kappa shape index (κ1) is 15.0. The zero-order chi connectivity index (χ0) is 15.9. The fourth-order valence-corrected chi connectivity index (χ4v) is 3.30. The molecule has 4 nitrogen and oxygen atoms in total. The third-order valence-corrected chi connectivity index (χ3v) is 4.63. The number of rotatable bonds is 2. The van der Waals surface area contributed by atoms with Crippen molar-refractivity contribution in [2.24, 2.45) is 0 Å². The number of carbonyl (C=O) groups excluding carboxylic acids is 1. The standard InChI is InChI=1S/C16H13BrN2O2S/c1-19-14(21)16(18-15(19)22,10-4-2-6-12(17)8-10)11-5-3-7-13(20)9-11/h2-9,20H,1H3,(H,18,22). The molecule has 6 heteroatoms. The molecule has 0 saturated carbocycles. The second kappa shape index (κ2) is 5.37. The highest BCUT2D eigenvalue weighted by Crippen LogP contribution is 2.37. The molecule has 1 heterocycles. The Balaban J connectivity index is 2.28. The van der Waals surface area contributed by atoms with E-state index in [1.54, 1.807) is 31.3 Å². The molecule has 1 amide bonds. The Morgan fingerprint density at radius 2 is 1.82 bits per heavy atom. The molecule has 2 N–H and O–H groups in total. The van der Waals surface area contributed by atoms with E-state index >= 15 is 0 Å². The first-order valence-corrected chi connectivity index (χ1v) is 7.81. The molecule has 112 valence electrons. The lowest BCUT2D eigenvalue weighted by atomic mass is 9.82. The van der Waals surface area contributed by atoms with Crippen LogP contribution in [0.5, 0.6) is 5.75 Å². The van der Waals surface area contributed by atoms with Gasteiger partial charge >= 0.3 is 0 Å². The van der Waals surface area contributed by atoms with Crippen molar-refractivity contribution < 1.29 is 9.90 Å². The molecule has 0 radical (unpaired) electrons. The van der Waals surface area contributed by atoms with Gasteiger partial charge in [-0.3, -0.25) is 9.69 Å². The molecular weight excluding hydrogens is 364 g/mol. The molecule has 0 aromatic heterocycles. The average molecular weight is 377 g/mol. The molecular formula is C16H13BrN2O2S. The molecule has 2 aromatic carbocycles. The van der Waals surface area contributed by atoms with Gasteiger partial charge in [0.15, 0.2) is 10.7 Å². The Kier molecular flexibility index (Phi) is 3.66. The summed E-state index contributed by atoms with van der Waals surface area (Å²) in [4.78, 5) is 14.4. The van der Waals surface area contributed by atoms with Crippen LogP contribution in [0.3, 0.4) is 0 Å². The Bertz CT molecular complexity index is 733. The summed E-state index contributed by atoms with van der Waals surface area (Å²) in [6, 6.07) is 14.1. The van der Waals surface area contributed by atoms with Crippen molar-refractivity contribution >= 4 is 39.2 Å². The maximum Gasteiger partial charge on any atom is 0.263 e. The van der Waals surface area contributed by atoms with Gasteiger partial charge in [0, 0.05) is 11.5 Å². The molecule has 1 fully saturated rings. The molecule has 0 aliphatic carbocycles. The number of thiocarbonyl (C=S) groups is 1. The van der Waals surface area contributed by atoms with E-state index in [2.05, 4.69) is 21.2 Å². The number of nitrogens with one attached hydrogen (secondary N) is 1. The van der Waals surface area contributed by atoms with Crippen LogP contribution in [0.15, 0.2) is 53.0 Å². The van der Waals surface area contributed by atoms with E-state index in [1.807, 2.05) is 24.3 Å². The SMILES string of the molecule is CN1C(=O)C(c2cccc(O)c2)(c2cccc(Br)c2)NC1=S. The van der Waals surface area contributed by atoms with E-state index in [1.165, 1.54) is 4.90 Å². The summed E-state index contributed by atoms with van der Waals surface area (Å²) in [5.41, 5.74) is 0.264. The lowest BCUT2D eigenvalue weighted by Crippen LogP contribution is -2.44. The van der Waals surface area contributed by atoms with Gasteiger partial charge in [0.05, 0.1) is 0 Å². The normalized spacial score (nSPS) is 21.1. The zero-order valence-corrected chi connectivity index (χ0v) is 14.1. The fourth-order valence-electron chi connectivity index (χ4n) is 2.66. The number of nitrogens with zero attached hydrogens (tertiary/aromatic N) is 1. The summed E-state index contributed by atoms with van der Waals surface area (Å²) in [6.07, 6.45) is 0. The van der Waals surface area contributed by atoms with Crippen LogP contribution in [0.2, 0.25) is 0 Å². The van der Waals surface area contributed by atoms with E-state index in [9.17, 15) is 9.90 Å². The van der Waals surface area contributed by atoms with Crippen LogP contribution >= 0.6 is 28.1 Å². The topological polar surface area (TPSA) is 52.6 Å². The molecule has 0 spiro atoms. The van der Waals surface area contributed by atoms with Crippen LogP contribution in [0.25, 0.3) is 0 Å². The molecule has 1 unspecified atom stereocenters. The number of hydrogen-bond acceptors (Lipinski definition) is 3. The molecule has 1 atom stereocenters. The largest absolute Gasteiger partial charge is 0.508 e. The molecule has 2 aromatic rings. The molecule has 1 aliphatic heterocycles. The Morgan fingerprint density at radius 1 is 1.18 bits per heavy atom. The van der Waals surface area contributed by atoms with Crippen LogP contribution in [0, 0.1) is 0 Å². The maximum atomic E-state index is 12.9. The van der Waals surface area contributed by atoms with Gasteiger partial charge in [0.25, 0.3) is 5.91 Å². The molecule has 1 saturated heterocycles. The quantitative estimate of drug-likeness (QED) is 0.791. The summed E-state index contributed by atoms with van der Waals surface area (Å²) >= 11 is 8.69. The maximum absolute atomic E-state index is 12.9. The third-order valence-electron chi connectivity index (χ3n) is 3.76. The van der Waals surface area contributed by atoms with Gasteiger partial charge in [-0.25, -0.2) is 0 Å². The number of carbonyl (C=O) groups is 1. The van der Waals surface area contributed by atoms with Crippen LogP contribution in [0.4, 0.5) is 0 Å². The Hall–Kier alpha value is -1.92. The molecule has 3 rings (SSSR count).